The highest BCUT2D eigenvalue weighted by molar-refractivity contribution is 14.1. The van der Waals surface area contributed by atoms with Gasteiger partial charge in [0, 0.05) is 34.2 Å². The van der Waals surface area contributed by atoms with Crippen molar-refractivity contribution in [1.29, 1.82) is 0 Å². The first-order valence-corrected chi connectivity index (χ1v) is 8.84. The molecule has 1 aliphatic rings. The number of carbonyl (C=O) groups excluding carboxylic acids is 1. The third kappa shape index (κ3) is 3.74. The SMILES string of the molecule is CCN1CCC(N(C)C(=O)c2cc(I)ccc2Br)CC1. The fraction of sp³-hybridized carbons (Fsp3) is 0.533. The maximum atomic E-state index is 12.6. The summed E-state index contributed by atoms with van der Waals surface area (Å²) in [5.74, 6) is 0.116. The van der Waals surface area contributed by atoms with Gasteiger partial charge in [-0.2, -0.15) is 0 Å². The first-order chi connectivity index (χ1) is 9.52. The van der Waals surface area contributed by atoms with E-state index in [2.05, 4.69) is 50.3 Å². The quantitative estimate of drug-likeness (QED) is 0.656. The Hall–Kier alpha value is -0.140. The molecule has 0 aromatic heterocycles. The van der Waals surface area contributed by atoms with Crippen molar-refractivity contribution in [3.8, 4) is 0 Å². The number of halogens is 2. The summed E-state index contributed by atoms with van der Waals surface area (Å²) in [4.78, 5) is 17.0. The Morgan fingerprint density at radius 3 is 2.70 bits per heavy atom. The van der Waals surface area contributed by atoms with Gasteiger partial charge in [0.2, 0.25) is 0 Å². The lowest BCUT2D eigenvalue weighted by molar-refractivity contribution is 0.0646. The number of carbonyl (C=O) groups is 1. The second kappa shape index (κ2) is 7.22. The summed E-state index contributed by atoms with van der Waals surface area (Å²) in [6.07, 6.45) is 2.13. The van der Waals surface area contributed by atoms with Crippen molar-refractivity contribution in [1.82, 2.24) is 9.80 Å². The highest BCUT2D eigenvalue weighted by Gasteiger charge is 2.26. The second-order valence-corrected chi connectivity index (χ2v) is 7.31. The second-order valence-electron chi connectivity index (χ2n) is 5.21. The first kappa shape index (κ1) is 16.2. The van der Waals surface area contributed by atoms with E-state index in [0.717, 1.165) is 46.1 Å². The molecule has 0 spiro atoms. The van der Waals surface area contributed by atoms with E-state index in [1.165, 1.54) is 0 Å². The summed E-state index contributed by atoms with van der Waals surface area (Å²) in [6.45, 7) is 5.48. The van der Waals surface area contributed by atoms with E-state index in [1.54, 1.807) is 0 Å². The van der Waals surface area contributed by atoms with Gasteiger partial charge in [0.1, 0.15) is 0 Å². The molecule has 0 saturated carbocycles. The van der Waals surface area contributed by atoms with Gasteiger partial charge in [0.25, 0.3) is 5.91 Å². The average molecular weight is 451 g/mol. The molecule has 1 saturated heterocycles. The van der Waals surface area contributed by atoms with E-state index >= 15 is 0 Å². The smallest absolute Gasteiger partial charge is 0.255 e. The van der Waals surface area contributed by atoms with Crippen molar-refractivity contribution in [2.45, 2.75) is 25.8 Å². The van der Waals surface area contributed by atoms with Crippen LogP contribution in [0.1, 0.15) is 30.1 Å². The predicted molar refractivity (Wildman–Crippen MR) is 94.1 cm³/mol. The lowest BCUT2D eigenvalue weighted by Crippen LogP contribution is -2.45. The number of hydrogen-bond acceptors (Lipinski definition) is 2. The van der Waals surface area contributed by atoms with Gasteiger partial charge < -0.3 is 9.80 Å². The fourth-order valence-corrected chi connectivity index (χ4v) is 3.55. The molecule has 1 aromatic rings. The highest BCUT2D eigenvalue weighted by Crippen LogP contribution is 2.23. The minimum absolute atomic E-state index is 0.116. The van der Waals surface area contributed by atoms with Crippen molar-refractivity contribution in [2.75, 3.05) is 26.7 Å². The molecule has 1 heterocycles. The highest BCUT2D eigenvalue weighted by atomic mass is 127. The van der Waals surface area contributed by atoms with Crippen LogP contribution in [-0.2, 0) is 0 Å². The molecule has 3 nitrogen and oxygen atoms in total. The van der Waals surface area contributed by atoms with Gasteiger partial charge in [0.05, 0.1) is 5.56 Å². The van der Waals surface area contributed by atoms with Crippen LogP contribution in [0.5, 0.6) is 0 Å². The van der Waals surface area contributed by atoms with E-state index in [-0.39, 0.29) is 5.91 Å². The predicted octanol–water partition coefficient (Wildman–Crippen LogP) is 3.61. The van der Waals surface area contributed by atoms with Crippen molar-refractivity contribution in [2.24, 2.45) is 0 Å². The van der Waals surface area contributed by atoms with Crippen molar-refractivity contribution in [3.63, 3.8) is 0 Å². The van der Waals surface area contributed by atoms with Gasteiger partial charge in [-0.05, 0) is 76.1 Å². The zero-order chi connectivity index (χ0) is 14.7. The monoisotopic (exact) mass is 450 g/mol. The molecule has 2 rings (SSSR count). The number of hydrogen-bond donors (Lipinski definition) is 0. The first-order valence-electron chi connectivity index (χ1n) is 6.97. The molecule has 0 N–H and O–H groups in total. The Morgan fingerprint density at radius 2 is 2.10 bits per heavy atom. The average Bonchev–Trinajstić information content (AvgIpc) is 2.48. The Morgan fingerprint density at radius 1 is 1.45 bits per heavy atom. The van der Waals surface area contributed by atoms with Crippen LogP contribution >= 0.6 is 38.5 Å². The molecule has 5 heteroatoms. The third-order valence-electron chi connectivity index (χ3n) is 4.03. The standard InChI is InChI=1S/C15H20BrIN2O/c1-3-19-8-6-12(7-9-19)18(2)15(20)13-10-11(17)4-5-14(13)16/h4-5,10,12H,3,6-9H2,1-2H3. The van der Waals surface area contributed by atoms with Gasteiger partial charge >= 0.3 is 0 Å². The number of rotatable bonds is 3. The van der Waals surface area contributed by atoms with Crippen molar-refractivity contribution in [3.05, 3.63) is 31.8 Å². The number of likely N-dealkylation sites (tertiary alicyclic amines) is 1. The van der Waals surface area contributed by atoms with Crippen LogP contribution in [0.3, 0.4) is 0 Å². The molecule has 0 radical (unpaired) electrons. The summed E-state index contributed by atoms with van der Waals surface area (Å²) in [6, 6.07) is 6.25. The largest absolute Gasteiger partial charge is 0.339 e. The van der Waals surface area contributed by atoms with Crippen LogP contribution in [0.25, 0.3) is 0 Å². The van der Waals surface area contributed by atoms with E-state index < -0.39 is 0 Å². The topological polar surface area (TPSA) is 23.6 Å². The Balaban J connectivity index is 2.07. The Bertz CT molecular complexity index is 487. The molecule has 1 aliphatic heterocycles. The van der Waals surface area contributed by atoms with E-state index in [1.807, 2.05) is 30.1 Å². The lowest BCUT2D eigenvalue weighted by Gasteiger charge is -2.36. The Kier molecular flexibility index (Phi) is 5.86. The number of nitrogens with zero attached hydrogens (tertiary/aromatic N) is 2. The van der Waals surface area contributed by atoms with Crippen LogP contribution in [0.15, 0.2) is 22.7 Å². The van der Waals surface area contributed by atoms with E-state index in [4.69, 9.17) is 0 Å². The molecule has 20 heavy (non-hydrogen) atoms. The van der Waals surface area contributed by atoms with Gasteiger partial charge in [-0.1, -0.05) is 6.92 Å². The molecule has 1 amide bonds. The summed E-state index contributed by atoms with van der Waals surface area (Å²) < 4.78 is 1.96. The molecule has 0 aliphatic carbocycles. The molecule has 0 unspecified atom stereocenters. The zero-order valence-electron chi connectivity index (χ0n) is 11.9. The molecule has 110 valence electrons. The summed E-state index contributed by atoms with van der Waals surface area (Å²) >= 11 is 5.73. The Labute approximate surface area is 143 Å². The maximum absolute atomic E-state index is 12.6. The summed E-state index contributed by atoms with van der Waals surface area (Å²) in [5, 5.41) is 0. The van der Waals surface area contributed by atoms with Crippen LogP contribution in [0, 0.1) is 3.57 Å². The van der Waals surface area contributed by atoms with Gasteiger partial charge in [-0.25, -0.2) is 0 Å². The molecular formula is C15H20BrIN2O. The number of piperidine rings is 1. The minimum atomic E-state index is 0.116. The lowest BCUT2D eigenvalue weighted by atomic mass is 10.0. The zero-order valence-corrected chi connectivity index (χ0v) is 15.6. The van der Waals surface area contributed by atoms with Gasteiger partial charge in [0.15, 0.2) is 0 Å². The molecule has 1 fully saturated rings. The number of benzene rings is 1. The van der Waals surface area contributed by atoms with Crippen LogP contribution in [0.4, 0.5) is 0 Å². The van der Waals surface area contributed by atoms with Crippen molar-refractivity contribution < 1.29 is 4.79 Å². The summed E-state index contributed by atoms with van der Waals surface area (Å²) in [7, 11) is 1.93. The van der Waals surface area contributed by atoms with Crippen molar-refractivity contribution >= 4 is 44.4 Å². The van der Waals surface area contributed by atoms with E-state index in [0.29, 0.717) is 6.04 Å². The third-order valence-corrected chi connectivity index (χ3v) is 5.39. The molecule has 0 bridgehead atoms. The van der Waals surface area contributed by atoms with Gasteiger partial charge in [-0.15, -0.1) is 0 Å². The molecule has 1 aromatic carbocycles. The van der Waals surface area contributed by atoms with Crippen LogP contribution in [-0.4, -0.2) is 48.4 Å². The fourth-order valence-electron chi connectivity index (χ4n) is 2.64. The van der Waals surface area contributed by atoms with E-state index in [9.17, 15) is 4.79 Å². The maximum Gasteiger partial charge on any atom is 0.255 e. The van der Waals surface area contributed by atoms with Crippen LogP contribution in [0.2, 0.25) is 0 Å². The number of amides is 1. The molecular weight excluding hydrogens is 431 g/mol. The minimum Gasteiger partial charge on any atom is -0.339 e. The van der Waals surface area contributed by atoms with Gasteiger partial charge in [-0.3, -0.25) is 4.79 Å². The normalized spacial score (nSPS) is 17.2. The molecule has 0 atom stereocenters. The summed E-state index contributed by atoms with van der Waals surface area (Å²) in [5.41, 5.74) is 0.761. The van der Waals surface area contributed by atoms with Crippen LogP contribution < -0.4 is 0 Å².